The van der Waals surface area contributed by atoms with Crippen molar-refractivity contribution in [3.63, 3.8) is 0 Å². The molecule has 8 heteroatoms. The van der Waals surface area contributed by atoms with Gasteiger partial charge in [0.1, 0.15) is 4.34 Å². The van der Waals surface area contributed by atoms with Gasteiger partial charge in [-0.1, -0.05) is 30.0 Å². The Kier molecular flexibility index (Phi) is 6.75. The molecule has 0 saturated heterocycles. The maximum Gasteiger partial charge on any atom is 0.301 e. The van der Waals surface area contributed by atoms with Gasteiger partial charge in [-0.2, -0.15) is 8.78 Å². The van der Waals surface area contributed by atoms with Crippen LogP contribution >= 0.6 is 23.1 Å². The van der Waals surface area contributed by atoms with E-state index in [0.29, 0.717) is 6.54 Å². The van der Waals surface area contributed by atoms with Crippen LogP contribution in [0.3, 0.4) is 0 Å². The van der Waals surface area contributed by atoms with E-state index in [4.69, 9.17) is 0 Å². The van der Waals surface area contributed by atoms with Crippen molar-refractivity contribution in [3.8, 4) is 0 Å². The van der Waals surface area contributed by atoms with E-state index < -0.39 is 11.9 Å². The molecule has 3 nitrogen and oxygen atoms in total. The lowest BCUT2D eigenvalue weighted by Crippen LogP contribution is -2.20. The number of rotatable bonds is 8. The monoisotopic (exact) mass is 345 g/mol. The normalized spacial score (nSPS) is 10.5. The number of nitrogens with zero attached hydrogens (tertiary/aromatic N) is 1. The summed E-state index contributed by atoms with van der Waals surface area (Å²) in [7, 11) is 0. The van der Waals surface area contributed by atoms with Gasteiger partial charge < -0.3 is 5.43 Å². The summed E-state index contributed by atoms with van der Waals surface area (Å²) < 4.78 is 37.2. The molecular weight excluding hydrogens is 331 g/mol. The first-order chi connectivity index (χ1) is 10.6. The van der Waals surface area contributed by atoms with E-state index in [9.17, 15) is 13.2 Å². The molecule has 0 fully saturated rings. The highest BCUT2D eigenvalue weighted by atomic mass is 32.2. The number of halogens is 3. The summed E-state index contributed by atoms with van der Waals surface area (Å²) in [5, 5.41) is 0. The molecule has 22 heavy (non-hydrogen) atoms. The van der Waals surface area contributed by atoms with Crippen molar-refractivity contribution in [2.24, 2.45) is 0 Å². The number of allylic oxidation sites excluding steroid dienone is 1. The lowest BCUT2D eigenvalue weighted by Gasteiger charge is -2.06. The number of aromatic nitrogens is 1. The fourth-order valence-electron chi connectivity index (χ4n) is 1.52. The second kappa shape index (κ2) is 8.82. The van der Waals surface area contributed by atoms with Gasteiger partial charge in [0.15, 0.2) is 5.83 Å². The van der Waals surface area contributed by atoms with Crippen LogP contribution in [-0.4, -0.2) is 10.7 Å². The van der Waals surface area contributed by atoms with Crippen LogP contribution in [0.4, 0.5) is 18.9 Å². The summed E-state index contributed by atoms with van der Waals surface area (Å²) in [6.45, 7) is 0.584. The molecule has 2 rings (SSSR count). The molecule has 0 amide bonds. The molecule has 1 heterocycles. The average molecular weight is 345 g/mol. The lowest BCUT2D eigenvalue weighted by atomic mass is 10.3. The molecule has 0 saturated carbocycles. The second-order valence-electron chi connectivity index (χ2n) is 4.20. The molecule has 0 aliphatic heterocycles. The Hall–Kier alpha value is -1.51. The fraction of sp³-hybridized carbons (Fsp3) is 0.214. The van der Waals surface area contributed by atoms with Crippen LogP contribution in [0.2, 0.25) is 0 Å². The minimum Gasteiger partial charge on any atom is -0.321 e. The highest BCUT2D eigenvalue weighted by molar-refractivity contribution is 8.01. The van der Waals surface area contributed by atoms with Crippen molar-refractivity contribution < 1.29 is 13.2 Å². The zero-order valence-corrected chi connectivity index (χ0v) is 13.1. The minimum atomic E-state index is -2.24. The summed E-state index contributed by atoms with van der Waals surface area (Å²) in [5.74, 6) is -1.11. The van der Waals surface area contributed by atoms with E-state index in [1.54, 1.807) is 6.20 Å². The summed E-state index contributed by atoms with van der Waals surface area (Å²) >= 11 is 2.72. The van der Waals surface area contributed by atoms with Gasteiger partial charge >= 0.3 is 6.08 Å². The van der Waals surface area contributed by atoms with Crippen molar-refractivity contribution in [2.45, 2.75) is 17.3 Å². The van der Waals surface area contributed by atoms with Gasteiger partial charge in [-0.25, -0.2) is 14.8 Å². The van der Waals surface area contributed by atoms with Crippen molar-refractivity contribution in [2.75, 3.05) is 11.2 Å². The first kappa shape index (κ1) is 16.9. The van der Waals surface area contributed by atoms with Gasteiger partial charge in [-0.15, -0.1) is 11.3 Å². The Morgan fingerprint density at radius 2 is 1.95 bits per heavy atom. The van der Waals surface area contributed by atoms with Crippen LogP contribution in [0.25, 0.3) is 0 Å². The van der Waals surface area contributed by atoms with E-state index in [1.165, 1.54) is 23.1 Å². The lowest BCUT2D eigenvalue weighted by molar-refractivity contribution is 0.373. The first-order valence-electron chi connectivity index (χ1n) is 6.46. The number of nitrogens with one attached hydrogen (secondary N) is 2. The number of hydrogen-bond donors (Lipinski definition) is 2. The minimum absolute atomic E-state index is 0.242. The molecule has 1 aromatic carbocycles. The number of hydrazine groups is 1. The molecule has 0 unspecified atom stereocenters. The van der Waals surface area contributed by atoms with E-state index in [1.807, 2.05) is 30.3 Å². The third-order valence-corrected chi connectivity index (χ3v) is 4.71. The van der Waals surface area contributed by atoms with Crippen LogP contribution in [0.1, 0.15) is 11.3 Å². The van der Waals surface area contributed by atoms with Gasteiger partial charge in [-0.05, 0) is 12.1 Å². The van der Waals surface area contributed by atoms with Crippen molar-refractivity contribution in [1.82, 2.24) is 10.4 Å². The van der Waals surface area contributed by atoms with E-state index >= 15 is 0 Å². The quantitative estimate of drug-likeness (QED) is 0.531. The molecular formula is C14H14F3N3S2. The number of anilines is 1. The number of para-hydroxylation sites is 1. The molecule has 1 aromatic heterocycles. The predicted octanol–water partition coefficient (Wildman–Crippen LogP) is 4.82. The third-order valence-electron chi connectivity index (χ3n) is 2.55. The smallest absolute Gasteiger partial charge is 0.301 e. The number of hydrogen-bond acceptors (Lipinski definition) is 5. The highest BCUT2D eigenvalue weighted by Crippen LogP contribution is 2.26. The number of benzene rings is 1. The Labute approximate surface area is 134 Å². The molecule has 0 aliphatic rings. The van der Waals surface area contributed by atoms with Crippen LogP contribution in [0.5, 0.6) is 0 Å². The topological polar surface area (TPSA) is 37.0 Å². The molecule has 2 N–H and O–H groups in total. The zero-order valence-electron chi connectivity index (χ0n) is 11.5. The van der Waals surface area contributed by atoms with Gasteiger partial charge in [0, 0.05) is 28.9 Å². The maximum absolute atomic E-state index is 12.6. The van der Waals surface area contributed by atoms with Crippen LogP contribution in [-0.2, 0) is 6.54 Å². The first-order valence-corrected chi connectivity index (χ1v) is 8.26. The fourth-order valence-corrected chi connectivity index (χ4v) is 3.48. The van der Waals surface area contributed by atoms with Crippen LogP contribution in [0.15, 0.2) is 52.8 Å². The van der Waals surface area contributed by atoms with Gasteiger partial charge in [0.05, 0.1) is 6.54 Å². The molecule has 0 spiro atoms. The maximum atomic E-state index is 12.6. The number of thioether (sulfide) groups is 1. The van der Waals surface area contributed by atoms with Crippen molar-refractivity contribution >= 4 is 28.8 Å². The number of thiazole rings is 1. The molecule has 0 bridgehead atoms. The van der Waals surface area contributed by atoms with Crippen molar-refractivity contribution in [1.29, 1.82) is 0 Å². The largest absolute Gasteiger partial charge is 0.321 e. The Bertz CT molecular complexity index is 613. The van der Waals surface area contributed by atoms with Crippen LogP contribution in [0, 0.1) is 0 Å². The highest BCUT2D eigenvalue weighted by Gasteiger charge is 2.07. The van der Waals surface area contributed by atoms with Gasteiger partial charge in [0.2, 0.25) is 0 Å². The predicted molar refractivity (Wildman–Crippen MR) is 84.7 cm³/mol. The molecule has 2 aromatic rings. The van der Waals surface area contributed by atoms with E-state index in [0.717, 1.165) is 14.9 Å². The Balaban J connectivity index is 1.71. The standard InChI is InChI=1S/C14H14F3N3S2/c15-12(13(16)17)6-7-21-14-18-8-11(22-14)9-19-20-10-4-2-1-3-5-10/h1-5,8,19-20H,6-7,9H2. The Morgan fingerprint density at radius 1 is 1.18 bits per heavy atom. The van der Waals surface area contributed by atoms with Crippen molar-refractivity contribution in [3.05, 3.63) is 53.3 Å². The van der Waals surface area contributed by atoms with Gasteiger partial charge in [-0.3, -0.25) is 0 Å². The molecule has 0 atom stereocenters. The summed E-state index contributed by atoms with van der Waals surface area (Å²) in [4.78, 5) is 5.17. The summed E-state index contributed by atoms with van der Waals surface area (Å²) in [5.41, 5.74) is 7.08. The summed E-state index contributed by atoms with van der Waals surface area (Å²) in [6, 6.07) is 9.67. The van der Waals surface area contributed by atoms with Crippen LogP contribution < -0.4 is 10.9 Å². The molecule has 0 aliphatic carbocycles. The summed E-state index contributed by atoms with van der Waals surface area (Å²) in [6.07, 6.45) is -0.804. The molecule has 118 valence electrons. The zero-order chi connectivity index (χ0) is 15.8. The second-order valence-corrected chi connectivity index (χ2v) is 6.66. The SMILES string of the molecule is FC(F)=C(F)CCSc1ncc(CNNc2ccccc2)s1. The van der Waals surface area contributed by atoms with E-state index in [-0.39, 0.29) is 12.2 Å². The molecule has 0 radical (unpaired) electrons. The van der Waals surface area contributed by atoms with E-state index in [2.05, 4.69) is 15.8 Å². The van der Waals surface area contributed by atoms with Gasteiger partial charge in [0.25, 0.3) is 0 Å². The Morgan fingerprint density at radius 3 is 2.68 bits per heavy atom. The average Bonchev–Trinajstić information content (AvgIpc) is 2.96. The third kappa shape index (κ3) is 5.70.